The normalized spacial score (nSPS) is 24.2. The molecular formula is C7H10N2OS. The molecule has 0 aromatic carbocycles. The van der Waals surface area contributed by atoms with E-state index in [2.05, 4.69) is 5.16 Å². The molecule has 0 radical (unpaired) electrons. The minimum atomic E-state index is 0.498. The average Bonchev–Trinajstić information content (AvgIpc) is 2.55. The lowest BCUT2D eigenvalue weighted by Crippen LogP contribution is -1.97. The number of aromatic nitrogens is 1. The molecule has 1 aromatic rings. The number of rotatable bonds is 1. The summed E-state index contributed by atoms with van der Waals surface area (Å²) in [6.45, 7) is 0. The van der Waals surface area contributed by atoms with E-state index in [0.29, 0.717) is 11.8 Å². The van der Waals surface area contributed by atoms with Crippen LogP contribution < -0.4 is 5.73 Å². The Morgan fingerprint density at radius 1 is 1.73 bits per heavy atom. The second-order valence-corrected chi connectivity index (χ2v) is 3.86. The van der Waals surface area contributed by atoms with Gasteiger partial charge in [-0.15, -0.1) is 0 Å². The highest BCUT2D eigenvalue weighted by Crippen LogP contribution is 2.34. The van der Waals surface area contributed by atoms with Crippen molar-refractivity contribution in [1.29, 1.82) is 0 Å². The molecule has 60 valence electrons. The maximum Gasteiger partial charge on any atom is 0.225 e. The summed E-state index contributed by atoms with van der Waals surface area (Å²) in [7, 11) is 0. The predicted octanol–water partition coefficient (Wildman–Crippen LogP) is 1.48. The van der Waals surface area contributed by atoms with Crippen molar-refractivity contribution in [2.75, 3.05) is 17.2 Å². The molecule has 1 aromatic heterocycles. The molecule has 0 amide bonds. The molecule has 0 aliphatic carbocycles. The minimum Gasteiger partial charge on any atom is -0.367 e. The van der Waals surface area contributed by atoms with Crippen molar-refractivity contribution in [3.05, 3.63) is 11.8 Å². The summed E-state index contributed by atoms with van der Waals surface area (Å²) in [6, 6.07) is 0. The van der Waals surface area contributed by atoms with Gasteiger partial charge >= 0.3 is 0 Å². The van der Waals surface area contributed by atoms with E-state index < -0.39 is 0 Å². The van der Waals surface area contributed by atoms with Crippen molar-refractivity contribution >= 4 is 17.6 Å². The van der Waals surface area contributed by atoms with E-state index in [1.54, 1.807) is 6.20 Å². The lowest BCUT2D eigenvalue weighted by atomic mass is 10.0. The van der Waals surface area contributed by atoms with Gasteiger partial charge in [-0.3, -0.25) is 0 Å². The Bertz CT molecular complexity index is 242. The molecule has 0 bridgehead atoms. The van der Waals surface area contributed by atoms with Crippen molar-refractivity contribution < 1.29 is 4.52 Å². The van der Waals surface area contributed by atoms with Crippen LogP contribution in [-0.2, 0) is 0 Å². The fourth-order valence-corrected chi connectivity index (χ4v) is 2.59. The first-order valence-corrected chi connectivity index (χ1v) is 4.81. The van der Waals surface area contributed by atoms with Gasteiger partial charge in [-0.05, 0) is 12.2 Å². The summed E-state index contributed by atoms with van der Waals surface area (Å²) in [4.78, 5) is 0. The summed E-state index contributed by atoms with van der Waals surface area (Å²) in [5.74, 6) is 3.46. The Kier molecular flexibility index (Phi) is 1.77. The van der Waals surface area contributed by atoms with Crippen LogP contribution in [0.3, 0.4) is 0 Å². The molecule has 11 heavy (non-hydrogen) atoms. The molecule has 4 heteroatoms. The maximum absolute atomic E-state index is 5.58. The standard InChI is InChI=1S/C7H10N2OS/c8-7-6(3-9-10-7)5-1-2-11-4-5/h3,5H,1-2,4,8H2. The van der Waals surface area contributed by atoms with Crippen molar-refractivity contribution in [2.45, 2.75) is 12.3 Å². The van der Waals surface area contributed by atoms with Crippen LogP contribution in [0.4, 0.5) is 5.88 Å². The van der Waals surface area contributed by atoms with Gasteiger partial charge in [0.25, 0.3) is 0 Å². The van der Waals surface area contributed by atoms with Crippen LogP contribution in [0.2, 0.25) is 0 Å². The van der Waals surface area contributed by atoms with Crippen LogP contribution in [0.15, 0.2) is 10.7 Å². The van der Waals surface area contributed by atoms with Gasteiger partial charge in [0.2, 0.25) is 5.88 Å². The Labute approximate surface area is 69.3 Å². The number of anilines is 1. The van der Waals surface area contributed by atoms with E-state index in [1.807, 2.05) is 11.8 Å². The third-order valence-corrected chi connectivity index (χ3v) is 3.16. The number of nitrogens with two attached hydrogens (primary N) is 1. The van der Waals surface area contributed by atoms with Crippen LogP contribution >= 0.6 is 11.8 Å². The lowest BCUT2D eigenvalue weighted by molar-refractivity contribution is 0.435. The number of hydrogen-bond donors (Lipinski definition) is 1. The van der Waals surface area contributed by atoms with Gasteiger partial charge in [0.15, 0.2) is 0 Å². The Balaban J connectivity index is 2.21. The van der Waals surface area contributed by atoms with E-state index in [9.17, 15) is 0 Å². The highest BCUT2D eigenvalue weighted by atomic mass is 32.2. The van der Waals surface area contributed by atoms with E-state index in [-0.39, 0.29) is 0 Å². The first-order chi connectivity index (χ1) is 5.38. The molecule has 1 fully saturated rings. The van der Waals surface area contributed by atoms with E-state index in [1.165, 1.54) is 12.2 Å². The second-order valence-electron chi connectivity index (χ2n) is 2.71. The monoisotopic (exact) mass is 170 g/mol. The van der Waals surface area contributed by atoms with Crippen molar-refractivity contribution in [1.82, 2.24) is 5.16 Å². The molecule has 0 spiro atoms. The molecule has 2 N–H and O–H groups in total. The summed E-state index contributed by atoms with van der Waals surface area (Å²) in [5, 5.41) is 3.66. The fourth-order valence-electron chi connectivity index (χ4n) is 1.34. The zero-order valence-corrected chi connectivity index (χ0v) is 6.93. The summed E-state index contributed by atoms with van der Waals surface area (Å²) in [6.07, 6.45) is 2.95. The highest BCUT2D eigenvalue weighted by molar-refractivity contribution is 7.99. The van der Waals surface area contributed by atoms with Gasteiger partial charge in [-0.2, -0.15) is 11.8 Å². The highest BCUT2D eigenvalue weighted by Gasteiger charge is 2.21. The van der Waals surface area contributed by atoms with Gasteiger partial charge < -0.3 is 10.3 Å². The number of nitrogen functional groups attached to an aromatic ring is 1. The zero-order chi connectivity index (χ0) is 7.68. The van der Waals surface area contributed by atoms with Crippen LogP contribution in [-0.4, -0.2) is 16.7 Å². The fraction of sp³-hybridized carbons (Fsp3) is 0.571. The lowest BCUT2D eigenvalue weighted by Gasteiger charge is -2.02. The maximum atomic E-state index is 5.58. The van der Waals surface area contributed by atoms with Gasteiger partial charge in [0.1, 0.15) is 0 Å². The van der Waals surface area contributed by atoms with Crippen LogP contribution in [0.5, 0.6) is 0 Å². The molecule has 3 nitrogen and oxygen atoms in total. The van der Waals surface area contributed by atoms with E-state index in [4.69, 9.17) is 10.3 Å². The van der Waals surface area contributed by atoms with Crippen molar-refractivity contribution in [3.8, 4) is 0 Å². The first kappa shape index (κ1) is 7.03. The summed E-state index contributed by atoms with van der Waals surface area (Å²) < 4.78 is 4.80. The Morgan fingerprint density at radius 3 is 3.18 bits per heavy atom. The number of nitrogens with zero attached hydrogens (tertiary/aromatic N) is 1. The van der Waals surface area contributed by atoms with E-state index >= 15 is 0 Å². The molecule has 1 unspecified atom stereocenters. The van der Waals surface area contributed by atoms with Crippen molar-refractivity contribution in [3.63, 3.8) is 0 Å². The van der Waals surface area contributed by atoms with Gasteiger partial charge in [0.05, 0.1) is 6.20 Å². The van der Waals surface area contributed by atoms with Gasteiger partial charge in [0, 0.05) is 17.2 Å². The predicted molar refractivity (Wildman–Crippen MR) is 45.6 cm³/mol. The number of thioether (sulfide) groups is 1. The van der Waals surface area contributed by atoms with Crippen LogP contribution in [0.25, 0.3) is 0 Å². The molecule has 1 saturated heterocycles. The van der Waals surface area contributed by atoms with Gasteiger partial charge in [-0.1, -0.05) is 5.16 Å². The third kappa shape index (κ3) is 1.22. The summed E-state index contributed by atoms with van der Waals surface area (Å²) >= 11 is 1.96. The second kappa shape index (κ2) is 2.77. The zero-order valence-electron chi connectivity index (χ0n) is 6.12. The average molecular weight is 170 g/mol. The first-order valence-electron chi connectivity index (χ1n) is 3.65. The largest absolute Gasteiger partial charge is 0.367 e. The van der Waals surface area contributed by atoms with Crippen LogP contribution in [0.1, 0.15) is 17.9 Å². The van der Waals surface area contributed by atoms with Crippen molar-refractivity contribution in [2.24, 2.45) is 0 Å². The summed E-state index contributed by atoms with van der Waals surface area (Å²) in [5.41, 5.74) is 6.67. The topological polar surface area (TPSA) is 52.0 Å². The molecule has 2 rings (SSSR count). The van der Waals surface area contributed by atoms with Gasteiger partial charge in [-0.25, -0.2) is 0 Å². The molecule has 0 saturated carbocycles. The Morgan fingerprint density at radius 2 is 2.64 bits per heavy atom. The molecule has 1 atom stereocenters. The number of hydrogen-bond acceptors (Lipinski definition) is 4. The SMILES string of the molecule is Nc1oncc1C1CCSC1. The molecule has 1 aliphatic rings. The van der Waals surface area contributed by atoms with Crippen LogP contribution in [0, 0.1) is 0 Å². The Hall–Kier alpha value is -0.640. The third-order valence-electron chi connectivity index (χ3n) is 2.00. The quantitative estimate of drug-likeness (QED) is 0.693. The van der Waals surface area contributed by atoms with E-state index in [0.717, 1.165) is 11.3 Å². The molecular weight excluding hydrogens is 160 g/mol. The minimum absolute atomic E-state index is 0.498. The molecule has 2 heterocycles. The smallest absolute Gasteiger partial charge is 0.225 e. The molecule has 1 aliphatic heterocycles.